The molecule has 0 fully saturated rings. The van der Waals surface area contributed by atoms with Gasteiger partial charge in [0, 0.05) is 12.8 Å². The first kappa shape index (κ1) is 14.4. The maximum absolute atomic E-state index is 12.8. The molecule has 1 aromatic heterocycles. The van der Waals surface area contributed by atoms with E-state index in [-0.39, 0.29) is 12.1 Å². The minimum Gasteiger partial charge on any atom is -0.494 e. The number of hydrogen-bond acceptors (Lipinski definition) is 4. The lowest BCUT2D eigenvalue weighted by atomic mass is 10.3. The van der Waals surface area contributed by atoms with E-state index < -0.39 is 22.9 Å². The van der Waals surface area contributed by atoms with Gasteiger partial charge >= 0.3 is 5.69 Å². The van der Waals surface area contributed by atoms with Crippen LogP contribution in [0.25, 0.3) is 0 Å². The average Bonchev–Trinajstić information content (AvgIpc) is 2.45. The van der Waals surface area contributed by atoms with Crippen LogP contribution in [-0.2, 0) is 6.54 Å². The molecule has 0 atom stereocenters. The third-order valence-electron chi connectivity index (χ3n) is 2.69. The Morgan fingerprint density at radius 3 is 2.62 bits per heavy atom. The quantitative estimate of drug-likeness (QED) is 0.657. The van der Waals surface area contributed by atoms with Crippen LogP contribution >= 0.6 is 0 Å². The number of aromatic nitrogens is 2. The number of nitrogens with one attached hydrogen (secondary N) is 1. The number of aromatic amines is 1. The molecule has 1 heterocycles. The molecule has 2 rings (SSSR count). The standard InChI is InChI=1S/C14H12FN3O3/c1-2-7-18-13(20)11(12(19)17-14(18)21)8-16-10-5-3-9(15)4-6-10/h2-6,8,20H,1,7H2,(H,17,19,21). The topological polar surface area (TPSA) is 87.4 Å². The number of rotatable bonds is 4. The molecular weight excluding hydrogens is 277 g/mol. The van der Waals surface area contributed by atoms with Crippen LogP contribution in [0.2, 0.25) is 0 Å². The molecule has 1 aromatic carbocycles. The predicted molar refractivity (Wildman–Crippen MR) is 76.8 cm³/mol. The first-order valence-corrected chi connectivity index (χ1v) is 5.99. The summed E-state index contributed by atoms with van der Waals surface area (Å²) < 4.78 is 13.7. The van der Waals surface area contributed by atoms with E-state index in [9.17, 15) is 19.1 Å². The molecule has 2 N–H and O–H groups in total. The summed E-state index contributed by atoms with van der Waals surface area (Å²) in [6.45, 7) is 3.50. The first-order chi connectivity index (χ1) is 10.0. The van der Waals surface area contributed by atoms with E-state index in [1.807, 2.05) is 0 Å². The van der Waals surface area contributed by atoms with Crippen LogP contribution in [0.5, 0.6) is 5.88 Å². The minimum atomic E-state index is -0.760. The van der Waals surface area contributed by atoms with Crippen LogP contribution in [0.15, 0.2) is 51.5 Å². The number of halogens is 1. The Balaban J connectivity index is 2.46. The molecule has 0 unspecified atom stereocenters. The number of benzene rings is 1. The van der Waals surface area contributed by atoms with Gasteiger partial charge in [-0.05, 0) is 24.3 Å². The average molecular weight is 289 g/mol. The van der Waals surface area contributed by atoms with Crippen LogP contribution in [-0.4, -0.2) is 20.9 Å². The van der Waals surface area contributed by atoms with Crippen molar-refractivity contribution < 1.29 is 9.50 Å². The third kappa shape index (κ3) is 3.14. The Morgan fingerprint density at radius 1 is 1.33 bits per heavy atom. The van der Waals surface area contributed by atoms with Gasteiger partial charge in [0.1, 0.15) is 11.4 Å². The molecule has 6 nitrogen and oxygen atoms in total. The molecule has 0 spiro atoms. The summed E-state index contributed by atoms with van der Waals surface area (Å²) in [5, 5.41) is 9.95. The summed E-state index contributed by atoms with van der Waals surface area (Å²) in [7, 11) is 0. The number of allylic oxidation sites excluding steroid dienone is 1. The normalized spacial score (nSPS) is 10.9. The van der Waals surface area contributed by atoms with Crippen LogP contribution in [0.4, 0.5) is 10.1 Å². The van der Waals surface area contributed by atoms with Crippen molar-refractivity contribution in [3.63, 3.8) is 0 Å². The lowest BCUT2D eigenvalue weighted by Gasteiger charge is -2.06. The number of H-pyrrole nitrogens is 1. The van der Waals surface area contributed by atoms with E-state index in [0.29, 0.717) is 5.69 Å². The van der Waals surface area contributed by atoms with Gasteiger partial charge in [0.15, 0.2) is 0 Å². The molecule has 0 saturated carbocycles. The number of aromatic hydroxyl groups is 1. The smallest absolute Gasteiger partial charge is 0.331 e. The number of aliphatic imine (C=N–C) groups is 1. The van der Waals surface area contributed by atoms with Crippen LogP contribution in [0, 0.1) is 5.82 Å². The fraction of sp³-hybridized carbons (Fsp3) is 0.0714. The van der Waals surface area contributed by atoms with Crippen molar-refractivity contribution in [1.29, 1.82) is 0 Å². The molecule has 21 heavy (non-hydrogen) atoms. The van der Waals surface area contributed by atoms with Crippen molar-refractivity contribution in [2.45, 2.75) is 6.54 Å². The Bertz CT molecular complexity index is 804. The van der Waals surface area contributed by atoms with Gasteiger partial charge in [-0.2, -0.15) is 0 Å². The van der Waals surface area contributed by atoms with E-state index >= 15 is 0 Å². The maximum atomic E-state index is 12.8. The molecule has 2 aromatic rings. The second-order valence-electron chi connectivity index (χ2n) is 4.13. The van der Waals surface area contributed by atoms with Gasteiger partial charge in [-0.25, -0.2) is 9.18 Å². The molecule has 0 radical (unpaired) electrons. The molecule has 0 bridgehead atoms. The summed E-state index contributed by atoms with van der Waals surface area (Å²) in [6.07, 6.45) is 2.51. The lowest BCUT2D eigenvalue weighted by Crippen LogP contribution is -2.31. The zero-order valence-corrected chi connectivity index (χ0v) is 10.9. The number of nitrogens with zero attached hydrogens (tertiary/aromatic N) is 2. The first-order valence-electron chi connectivity index (χ1n) is 5.99. The molecule has 0 amide bonds. The van der Waals surface area contributed by atoms with Gasteiger partial charge in [-0.3, -0.25) is 19.3 Å². The van der Waals surface area contributed by atoms with Crippen molar-refractivity contribution >= 4 is 11.9 Å². The fourth-order valence-corrected chi connectivity index (χ4v) is 1.66. The highest BCUT2D eigenvalue weighted by molar-refractivity contribution is 5.83. The second-order valence-corrected chi connectivity index (χ2v) is 4.13. The monoisotopic (exact) mass is 289 g/mol. The summed E-state index contributed by atoms with van der Waals surface area (Å²) in [4.78, 5) is 29.2. The Kier molecular flexibility index (Phi) is 4.13. The summed E-state index contributed by atoms with van der Waals surface area (Å²) in [6, 6.07) is 5.26. The van der Waals surface area contributed by atoms with E-state index in [1.165, 1.54) is 30.3 Å². The molecule has 0 aliphatic carbocycles. The Hall–Kier alpha value is -2.96. The molecule has 0 aliphatic rings. The van der Waals surface area contributed by atoms with Crippen molar-refractivity contribution in [2.24, 2.45) is 4.99 Å². The molecule has 0 aliphatic heterocycles. The zero-order chi connectivity index (χ0) is 15.4. The van der Waals surface area contributed by atoms with Gasteiger partial charge < -0.3 is 5.11 Å². The zero-order valence-electron chi connectivity index (χ0n) is 10.9. The van der Waals surface area contributed by atoms with Crippen molar-refractivity contribution in [3.05, 3.63) is 69.1 Å². The molecule has 108 valence electrons. The molecular formula is C14H12FN3O3. The van der Waals surface area contributed by atoms with E-state index in [1.54, 1.807) is 0 Å². The van der Waals surface area contributed by atoms with E-state index in [4.69, 9.17) is 0 Å². The predicted octanol–water partition coefficient (Wildman–Crippen LogP) is 1.32. The van der Waals surface area contributed by atoms with Crippen molar-refractivity contribution in [1.82, 2.24) is 9.55 Å². The second kappa shape index (κ2) is 6.00. The third-order valence-corrected chi connectivity index (χ3v) is 2.69. The summed E-state index contributed by atoms with van der Waals surface area (Å²) in [5.74, 6) is -0.913. The van der Waals surface area contributed by atoms with Gasteiger partial charge in [0.25, 0.3) is 5.56 Å². The van der Waals surface area contributed by atoms with E-state index in [2.05, 4.69) is 16.6 Å². The summed E-state index contributed by atoms with van der Waals surface area (Å²) >= 11 is 0. The fourth-order valence-electron chi connectivity index (χ4n) is 1.66. The maximum Gasteiger partial charge on any atom is 0.331 e. The van der Waals surface area contributed by atoms with Crippen LogP contribution < -0.4 is 11.2 Å². The van der Waals surface area contributed by atoms with Crippen LogP contribution in [0.3, 0.4) is 0 Å². The minimum absolute atomic E-state index is 0.0405. The Morgan fingerprint density at radius 2 is 2.00 bits per heavy atom. The lowest BCUT2D eigenvalue weighted by molar-refractivity contribution is 0.410. The van der Waals surface area contributed by atoms with Gasteiger partial charge in [-0.15, -0.1) is 6.58 Å². The Labute approximate surface area is 118 Å². The van der Waals surface area contributed by atoms with Gasteiger partial charge in [0.2, 0.25) is 5.88 Å². The number of hydrogen-bond donors (Lipinski definition) is 2. The summed E-state index contributed by atoms with van der Waals surface area (Å²) in [5.41, 5.74) is -1.27. The highest BCUT2D eigenvalue weighted by atomic mass is 19.1. The van der Waals surface area contributed by atoms with Crippen LogP contribution in [0.1, 0.15) is 5.56 Å². The van der Waals surface area contributed by atoms with Crippen molar-refractivity contribution in [2.75, 3.05) is 0 Å². The highest BCUT2D eigenvalue weighted by Gasteiger charge is 2.11. The van der Waals surface area contributed by atoms with Gasteiger partial charge in [0.05, 0.1) is 5.69 Å². The highest BCUT2D eigenvalue weighted by Crippen LogP contribution is 2.13. The SMILES string of the molecule is C=CCn1c(O)c(C=Nc2ccc(F)cc2)c(=O)[nH]c1=O. The van der Waals surface area contributed by atoms with E-state index in [0.717, 1.165) is 10.8 Å². The molecule has 0 saturated heterocycles. The molecule has 7 heteroatoms. The van der Waals surface area contributed by atoms with Gasteiger partial charge in [-0.1, -0.05) is 6.08 Å². The van der Waals surface area contributed by atoms with Crippen molar-refractivity contribution in [3.8, 4) is 5.88 Å². The largest absolute Gasteiger partial charge is 0.494 e.